The second-order valence-corrected chi connectivity index (χ2v) is 3.64. The Labute approximate surface area is 91.9 Å². The van der Waals surface area contributed by atoms with Crippen LogP contribution in [0.4, 0.5) is 4.39 Å². The first kappa shape index (κ1) is 10.5. The highest BCUT2D eigenvalue weighted by atomic mass is 35.5. The van der Waals surface area contributed by atoms with Crippen molar-refractivity contribution in [2.24, 2.45) is 0 Å². The van der Waals surface area contributed by atoms with E-state index in [1.165, 1.54) is 12.1 Å². The van der Waals surface area contributed by atoms with Gasteiger partial charge in [0.05, 0.1) is 5.88 Å². The molecule has 80 valence electrons. The molecule has 1 atom stereocenters. The molecule has 0 saturated heterocycles. The van der Waals surface area contributed by atoms with E-state index in [9.17, 15) is 9.50 Å². The van der Waals surface area contributed by atoms with Crippen LogP contribution >= 0.6 is 11.6 Å². The summed E-state index contributed by atoms with van der Waals surface area (Å²) in [6.07, 6.45) is 1.47. The molecule has 0 spiro atoms. The highest BCUT2D eigenvalue weighted by molar-refractivity contribution is 6.18. The van der Waals surface area contributed by atoms with Crippen LogP contribution in [0.5, 0.6) is 5.75 Å². The van der Waals surface area contributed by atoms with Crippen LogP contribution in [0.15, 0.2) is 30.0 Å². The largest absolute Gasteiger partial charge is 0.459 e. The standard InChI is InChI=1S/C11H10ClFO2/c12-6-9(14)11-3-1-7-5-8(13)2-4-10(7)15-11/h2-5,9,14H,1,6H2/t9-/m1/s1. The Bertz CT molecular complexity index is 404. The minimum absolute atomic E-state index is 0.0857. The molecular formula is C11H10ClFO2. The zero-order valence-electron chi connectivity index (χ0n) is 7.91. The summed E-state index contributed by atoms with van der Waals surface area (Å²) in [6.45, 7) is 0. The topological polar surface area (TPSA) is 29.5 Å². The molecule has 1 aromatic rings. The van der Waals surface area contributed by atoms with Gasteiger partial charge in [0.2, 0.25) is 0 Å². The number of aliphatic hydroxyl groups is 1. The van der Waals surface area contributed by atoms with Gasteiger partial charge in [0.25, 0.3) is 0 Å². The number of benzene rings is 1. The molecule has 1 aliphatic heterocycles. The van der Waals surface area contributed by atoms with Crippen molar-refractivity contribution >= 4 is 11.6 Å². The van der Waals surface area contributed by atoms with Crippen molar-refractivity contribution in [1.29, 1.82) is 0 Å². The predicted molar refractivity (Wildman–Crippen MR) is 55.5 cm³/mol. The van der Waals surface area contributed by atoms with Crippen LogP contribution < -0.4 is 4.74 Å². The van der Waals surface area contributed by atoms with Crippen LogP contribution in [0.2, 0.25) is 0 Å². The highest BCUT2D eigenvalue weighted by Gasteiger charge is 2.18. The van der Waals surface area contributed by atoms with E-state index in [4.69, 9.17) is 16.3 Å². The molecule has 15 heavy (non-hydrogen) atoms. The molecule has 0 saturated carbocycles. The Morgan fingerprint density at radius 2 is 2.33 bits per heavy atom. The second-order valence-electron chi connectivity index (χ2n) is 3.33. The minimum atomic E-state index is -0.801. The maximum Gasteiger partial charge on any atom is 0.130 e. The number of aliphatic hydroxyl groups excluding tert-OH is 1. The Kier molecular flexibility index (Phi) is 2.93. The number of hydrogen-bond donors (Lipinski definition) is 1. The number of ether oxygens (including phenoxy) is 1. The van der Waals surface area contributed by atoms with E-state index in [-0.39, 0.29) is 11.7 Å². The lowest BCUT2D eigenvalue weighted by Crippen LogP contribution is -2.19. The molecule has 1 N–H and O–H groups in total. The maximum atomic E-state index is 12.9. The summed E-state index contributed by atoms with van der Waals surface area (Å²) < 4.78 is 18.3. The van der Waals surface area contributed by atoms with E-state index in [2.05, 4.69) is 0 Å². The molecular weight excluding hydrogens is 219 g/mol. The SMILES string of the molecule is O[C@H](CCl)C1=CCc2cc(F)ccc2O1. The molecule has 4 heteroatoms. The molecule has 1 heterocycles. The summed E-state index contributed by atoms with van der Waals surface area (Å²) in [5.74, 6) is 0.816. The first-order valence-corrected chi connectivity index (χ1v) is 5.14. The second kappa shape index (κ2) is 4.21. The Balaban J connectivity index is 2.23. The smallest absolute Gasteiger partial charge is 0.130 e. The lowest BCUT2D eigenvalue weighted by Gasteiger charge is -2.20. The zero-order valence-corrected chi connectivity index (χ0v) is 8.67. The Hall–Kier alpha value is -1.06. The normalized spacial score (nSPS) is 16.3. The molecule has 0 amide bonds. The fraction of sp³-hybridized carbons (Fsp3) is 0.273. The van der Waals surface area contributed by atoms with Crippen LogP contribution in [0.1, 0.15) is 5.56 Å². The summed E-state index contributed by atoms with van der Waals surface area (Å²) in [5, 5.41) is 9.46. The van der Waals surface area contributed by atoms with Crippen molar-refractivity contribution in [2.45, 2.75) is 12.5 Å². The van der Waals surface area contributed by atoms with Gasteiger partial charge in [-0.15, -0.1) is 11.6 Å². The summed E-state index contributed by atoms with van der Waals surface area (Å²) in [6, 6.07) is 4.31. The third-order valence-corrected chi connectivity index (χ3v) is 2.54. The van der Waals surface area contributed by atoms with E-state index in [1.54, 1.807) is 12.1 Å². The number of alkyl halides is 1. The number of rotatable bonds is 2. The van der Waals surface area contributed by atoms with Crippen molar-refractivity contribution in [1.82, 2.24) is 0 Å². The summed E-state index contributed by atoms with van der Waals surface area (Å²) in [5.41, 5.74) is 0.778. The summed E-state index contributed by atoms with van der Waals surface area (Å²) in [4.78, 5) is 0. The first-order valence-electron chi connectivity index (χ1n) is 4.61. The van der Waals surface area contributed by atoms with Gasteiger partial charge in [-0.05, 0) is 30.7 Å². The molecule has 2 nitrogen and oxygen atoms in total. The van der Waals surface area contributed by atoms with Crippen LogP contribution in [-0.4, -0.2) is 17.1 Å². The third-order valence-electron chi connectivity index (χ3n) is 2.25. The highest BCUT2D eigenvalue weighted by Crippen LogP contribution is 2.28. The number of fused-ring (bicyclic) bond motifs is 1. The molecule has 0 radical (unpaired) electrons. The van der Waals surface area contributed by atoms with Crippen molar-refractivity contribution < 1.29 is 14.2 Å². The van der Waals surface area contributed by atoms with Crippen LogP contribution in [0.25, 0.3) is 0 Å². The van der Waals surface area contributed by atoms with Gasteiger partial charge in [-0.3, -0.25) is 0 Å². The van der Waals surface area contributed by atoms with Gasteiger partial charge in [0.15, 0.2) is 0 Å². The van der Waals surface area contributed by atoms with E-state index in [1.807, 2.05) is 0 Å². The molecule has 0 bridgehead atoms. The van der Waals surface area contributed by atoms with Gasteiger partial charge in [-0.25, -0.2) is 4.39 Å². The average molecular weight is 229 g/mol. The fourth-order valence-electron chi connectivity index (χ4n) is 1.47. The zero-order chi connectivity index (χ0) is 10.8. The molecule has 0 unspecified atom stereocenters. The van der Waals surface area contributed by atoms with E-state index in [0.29, 0.717) is 17.9 Å². The van der Waals surface area contributed by atoms with Crippen molar-refractivity contribution in [3.8, 4) is 5.75 Å². The van der Waals surface area contributed by atoms with Crippen molar-refractivity contribution in [2.75, 3.05) is 5.88 Å². The van der Waals surface area contributed by atoms with Crippen LogP contribution in [0, 0.1) is 5.82 Å². The monoisotopic (exact) mass is 228 g/mol. The van der Waals surface area contributed by atoms with Gasteiger partial charge < -0.3 is 9.84 Å². The first-order chi connectivity index (χ1) is 7.20. The van der Waals surface area contributed by atoms with E-state index < -0.39 is 6.10 Å². The van der Waals surface area contributed by atoms with Gasteiger partial charge in [-0.2, -0.15) is 0 Å². The van der Waals surface area contributed by atoms with E-state index >= 15 is 0 Å². The van der Waals surface area contributed by atoms with Gasteiger partial charge in [0, 0.05) is 5.56 Å². The molecule has 1 aromatic carbocycles. The lowest BCUT2D eigenvalue weighted by molar-refractivity contribution is 0.177. The molecule has 0 aliphatic carbocycles. The number of halogens is 2. The molecule has 1 aliphatic rings. The molecule has 2 rings (SSSR count). The van der Waals surface area contributed by atoms with Crippen molar-refractivity contribution in [3.63, 3.8) is 0 Å². The quantitative estimate of drug-likeness (QED) is 0.787. The Morgan fingerprint density at radius 1 is 1.53 bits per heavy atom. The van der Waals surface area contributed by atoms with Crippen molar-refractivity contribution in [3.05, 3.63) is 41.4 Å². The summed E-state index contributed by atoms with van der Waals surface area (Å²) in [7, 11) is 0. The third kappa shape index (κ3) is 2.13. The summed E-state index contributed by atoms with van der Waals surface area (Å²) >= 11 is 5.51. The molecule has 0 aromatic heterocycles. The maximum absolute atomic E-state index is 12.9. The van der Waals surface area contributed by atoms with Gasteiger partial charge in [0.1, 0.15) is 23.4 Å². The average Bonchev–Trinajstić information content (AvgIpc) is 2.27. The van der Waals surface area contributed by atoms with Crippen LogP contribution in [-0.2, 0) is 6.42 Å². The number of hydrogen-bond acceptors (Lipinski definition) is 2. The lowest BCUT2D eigenvalue weighted by atomic mass is 10.1. The fourth-order valence-corrected chi connectivity index (χ4v) is 1.62. The van der Waals surface area contributed by atoms with E-state index in [0.717, 1.165) is 5.56 Å². The minimum Gasteiger partial charge on any atom is -0.459 e. The Morgan fingerprint density at radius 3 is 3.07 bits per heavy atom. The van der Waals surface area contributed by atoms with Gasteiger partial charge in [-0.1, -0.05) is 0 Å². The molecule has 0 fully saturated rings. The van der Waals surface area contributed by atoms with Crippen LogP contribution in [0.3, 0.4) is 0 Å². The number of allylic oxidation sites excluding steroid dienone is 1. The van der Waals surface area contributed by atoms with Gasteiger partial charge >= 0.3 is 0 Å². The predicted octanol–water partition coefficient (Wildman–Crippen LogP) is 2.24.